The molecule has 31 heavy (non-hydrogen) atoms. The molecule has 0 radical (unpaired) electrons. The molecule has 0 saturated heterocycles. The van der Waals surface area contributed by atoms with E-state index in [-0.39, 0.29) is 5.41 Å². The molecule has 0 saturated carbocycles. The number of pyridine rings is 1. The number of rotatable bonds is 3. The topological polar surface area (TPSA) is 50.7 Å². The minimum Gasteiger partial charge on any atom is -0.340 e. The molecule has 162 valence electrons. The summed E-state index contributed by atoms with van der Waals surface area (Å²) < 4.78 is 38.8. The van der Waals surface area contributed by atoms with Crippen LogP contribution in [0.2, 0.25) is 0 Å². The van der Waals surface area contributed by atoms with Crippen LogP contribution in [0.1, 0.15) is 44.0 Å². The number of aryl methyl sites for hydroxylation is 1. The van der Waals surface area contributed by atoms with Crippen LogP contribution >= 0.6 is 0 Å². The standard InChI is InChI=1S/C24H25F3N4/c1-23(2,3)17-6-9-20-19(14-17)22(31-21(30-20)15-10-12-28-13-11-15)29-18-7-4-16(5-8-18)24(25,26)27/h4-5,7-8,10-13,17H,6,9,14H2,1-3H3,(H,29,30,31)/t17-/m0/s1. The van der Waals surface area contributed by atoms with Crippen LogP contribution in [0.25, 0.3) is 11.4 Å². The van der Waals surface area contributed by atoms with Crippen molar-refractivity contribution in [2.45, 2.75) is 46.2 Å². The first-order chi connectivity index (χ1) is 14.6. The van der Waals surface area contributed by atoms with E-state index in [2.05, 4.69) is 31.1 Å². The normalized spacial score (nSPS) is 16.6. The van der Waals surface area contributed by atoms with E-state index in [0.717, 1.165) is 48.2 Å². The SMILES string of the molecule is CC(C)(C)[C@H]1CCc2nc(-c3ccncc3)nc(Nc3ccc(C(F)(F)F)cc3)c2C1. The third-order valence-electron chi connectivity index (χ3n) is 5.91. The number of anilines is 2. The van der Waals surface area contributed by atoms with Crippen LogP contribution in [0.15, 0.2) is 48.8 Å². The number of halogens is 3. The summed E-state index contributed by atoms with van der Waals surface area (Å²) in [6, 6.07) is 8.74. The van der Waals surface area contributed by atoms with E-state index in [4.69, 9.17) is 9.97 Å². The van der Waals surface area contributed by atoms with E-state index in [1.807, 2.05) is 12.1 Å². The molecular weight excluding hydrogens is 401 g/mol. The van der Waals surface area contributed by atoms with Crippen molar-refractivity contribution in [1.29, 1.82) is 0 Å². The third-order valence-corrected chi connectivity index (χ3v) is 5.91. The highest BCUT2D eigenvalue weighted by molar-refractivity contribution is 5.65. The lowest BCUT2D eigenvalue weighted by Gasteiger charge is -2.35. The van der Waals surface area contributed by atoms with Gasteiger partial charge in [0.25, 0.3) is 0 Å². The maximum Gasteiger partial charge on any atom is 0.416 e. The Morgan fingerprint density at radius 2 is 1.61 bits per heavy atom. The molecule has 0 fully saturated rings. The molecule has 4 rings (SSSR count). The average Bonchev–Trinajstić information content (AvgIpc) is 2.73. The van der Waals surface area contributed by atoms with Gasteiger partial charge in [0, 0.05) is 34.9 Å². The summed E-state index contributed by atoms with van der Waals surface area (Å²) in [4.78, 5) is 13.6. The predicted octanol–water partition coefficient (Wildman–Crippen LogP) is 6.45. The van der Waals surface area contributed by atoms with Gasteiger partial charge in [0.15, 0.2) is 5.82 Å². The van der Waals surface area contributed by atoms with Crippen molar-refractivity contribution in [2.24, 2.45) is 11.3 Å². The average molecular weight is 426 g/mol. The molecule has 0 aliphatic heterocycles. The third kappa shape index (κ3) is 4.70. The number of nitrogens with zero attached hydrogens (tertiary/aromatic N) is 3. The van der Waals surface area contributed by atoms with Crippen molar-refractivity contribution < 1.29 is 13.2 Å². The molecule has 0 amide bonds. The number of benzene rings is 1. The molecule has 4 nitrogen and oxygen atoms in total. The van der Waals surface area contributed by atoms with E-state index < -0.39 is 11.7 Å². The number of alkyl halides is 3. The van der Waals surface area contributed by atoms with Crippen LogP contribution in [0.3, 0.4) is 0 Å². The number of nitrogens with one attached hydrogen (secondary N) is 1. The fourth-order valence-electron chi connectivity index (χ4n) is 3.96. The van der Waals surface area contributed by atoms with Crippen LogP contribution in [-0.2, 0) is 19.0 Å². The second-order valence-corrected chi connectivity index (χ2v) is 9.06. The first-order valence-corrected chi connectivity index (χ1v) is 10.4. The first kappa shape index (κ1) is 21.3. The zero-order valence-corrected chi connectivity index (χ0v) is 17.8. The molecule has 1 N–H and O–H groups in total. The van der Waals surface area contributed by atoms with E-state index >= 15 is 0 Å². The summed E-state index contributed by atoms with van der Waals surface area (Å²) >= 11 is 0. The van der Waals surface area contributed by atoms with Gasteiger partial charge in [-0.15, -0.1) is 0 Å². The monoisotopic (exact) mass is 426 g/mol. The largest absolute Gasteiger partial charge is 0.416 e. The van der Waals surface area contributed by atoms with Crippen LogP contribution in [-0.4, -0.2) is 15.0 Å². The summed E-state index contributed by atoms with van der Waals surface area (Å²) in [6.07, 6.45) is 1.75. The molecule has 1 atom stereocenters. The second-order valence-electron chi connectivity index (χ2n) is 9.06. The lowest BCUT2D eigenvalue weighted by molar-refractivity contribution is -0.137. The van der Waals surface area contributed by atoms with Gasteiger partial charge >= 0.3 is 6.18 Å². The van der Waals surface area contributed by atoms with Crippen molar-refractivity contribution in [2.75, 3.05) is 5.32 Å². The van der Waals surface area contributed by atoms with Gasteiger partial charge in [0.1, 0.15) is 5.82 Å². The second kappa shape index (κ2) is 7.94. The Labute approximate surface area is 180 Å². The molecule has 1 aliphatic carbocycles. The lowest BCUT2D eigenvalue weighted by Crippen LogP contribution is -2.28. The quantitative estimate of drug-likeness (QED) is 0.523. The Balaban J connectivity index is 1.74. The molecule has 3 aromatic rings. The Morgan fingerprint density at radius 3 is 2.23 bits per heavy atom. The van der Waals surface area contributed by atoms with Crippen LogP contribution in [0.4, 0.5) is 24.7 Å². The Hall–Kier alpha value is -2.96. The molecule has 2 heterocycles. The highest BCUT2D eigenvalue weighted by atomic mass is 19.4. The Morgan fingerprint density at radius 1 is 0.935 bits per heavy atom. The zero-order valence-electron chi connectivity index (χ0n) is 17.8. The van der Waals surface area contributed by atoms with Crippen molar-refractivity contribution in [3.05, 3.63) is 65.6 Å². The van der Waals surface area contributed by atoms with E-state index in [1.165, 1.54) is 12.1 Å². The van der Waals surface area contributed by atoms with Gasteiger partial charge in [-0.1, -0.05) is 20.8 Å². The summed E-state index contributed by atoms with van der Waals surface area (Å²) in [6.45, 7) is 6.70. The van der Waals surface area contributed by atoms with Gasteiger partial charge in [0.2, 0.25) is 0 Å². The van der Waals surface area contributed by atoms with Gasteiger partial charge in [-0.3, -0.25) is 4.98 Å². The number of hydrogen-bond donors (Lipinski definition) is 1. The first-order valence-electron chi connectivity index (χ1n) is 10.4. The fraction of sp³-hybridized carbons (Fsp3) is 0.375. The Bertz CT molecular complexity index is 1060. The molecule has 0 unspecified atom stereocenters. The van der Waals surface area contributed by atoms with E-state index in [1.54, 1.807) is 12.4 Å². The highest BCUT2D eigenvalue weighted by Gasteiger charge is 2.32. The van der Waals surface area contributed by atoms with Gasteiger partial charge < -0.3 is 5.32 Å². The highest BCUT2D eigenvalue weighted by Crippen LogP contribution is 2.40. The molecule has 2 aromatic heterocycles. The summed E-state index contributed by atoms with van der Waals surface area (Å²) in [7, 11) is 0. The van der Waals surface area contributed by atoms with Crippen LogP contribution < -0.4 is 5.32 Å². The number of hydrogen-bond acceptors (Lipinski definition) is 4. The van der Waals surface area contributed by atoms with E-state index in [0.29, 0.717) is 23.2 Å². The molecule has 7 heteroatoms. The Kier molecular flexibility index (Phi) is 5.45. The molecular formula is C24H25F3N4. The summed E-state index contributed by atoms with van der Waals surface area (Å²) in [5, 5.41) is 3.26. The van der Waals surface area contributed by atoms with Gasteiger partial charge in [0.05, 0.1) is 5.56 Å². The maximum atomic E-state index is 12.9. The van der Waals surface area contributed by atoms with Gasteiger partial charge in [-0.25, -0.2) is 9.97 Å². The molecule has 1 aliphatic rings. The van der Waals surface area contributed by atoms with Gasteiger partial charge in [-0.05, 0) is 67.0 Å². The van der Waals surface area contributed by atoms with Crippen LogP contribution in [0, 0.1) is 11.3 Å². The van der Waals surface area contributed by atoms with Crippen molar-refractivity contribution in [3.8, 4) is 11.4 Å². The minimum atomic E-state index is -4.36. The van der Waals surface area contributed by atoms with Crippen molar-refractivity contribution in [3.63, 3.8) is 0 Å². The van der Waals surface area contributed by atoms with Gasteiger partial charge in [-0.2, -0.15) is 13.2 Å². The zero-order chi connectivity index (χ0) is 22.2. The summed E-state index contributed by atoms with van der Waals surface area (Å²) in [5.74, 6) is 1.72. The molecule has 0 bridgehead atoms. The lowest BCUT2D eigenvalue weighted by atomic mass is 9.71. The predicted molar refractivity (Wildman–Crippen MR) is 115 cm³/mol. The summed E-state index contributed by atoms with van der Waals surface area (Å²) in [5.41, 5.74) is 2.93. The smallest absolute Gasteiger partial charge is 0.340 e. The molecule has 1 aromatic carbocycles. The number of aromatic nitrogens is 3. The fourth-order valence-corrected chi connectivity index (χ4v) is 3.96. The molecule has 0 spiro atoms. The van der Waals surface area contributed by atoms with Crippen LogP contribution in [0.5, 0.6) is 0 Å². The number of fused-ring (bicyclic) bond motifs is 1. The maximum absolute atomic E-state index is 12.9. The minimum absolute atomic E-state index is 0.146. The van der Waals surface area contributed by atoms with E-state index in [9.17, 15) is 13.2 Å². The van der Waals surface area contributed by atoms with Crippen molar-refractivity contribution >= 4 is 11.5 Å². The van der Waals surface area contributed by atoms with Crippen molar-refractivity contribution in [1.82, 2.24) is 15.0 Å².